The zero-order valence-electron chi connectivity index (χ0n) is 12.7. The van der Waals surface area contributed by atoms with Gasteiger partial charge in [-0.3, -0.25) is 4.99 Å². The molecule has 1 unspecified atom stereocenters. The second kappa shape index (κ2) is 9.95. The molecule has 4 heteroatoms. The maximum Gasteiger partial charge on any atom is 0.191 e. The summed E-state index contributed by atoms with van der Waals surface area (Å²) < 4.78 is 0. The van der Waals surface area contributed by atoms with Crippen LogP contribution in [0.3, 0.4) is 0 Å². The molecule has 0 amide bonds. The lowest BCUT2D eigenvalue weighted by molar-refractivity contribution is 0.200. The molecule has 0 saturated heterocycles. The first-order chi connectivity index (χ1) is 8.60. The SMILES string of the molecule is C=CCNC(=NC)NCC(C(CC)CC)N(C)C. The van der Waals surface area contributed by atoms with E-state index in [2.05, 4.69) is 55.0 Å². The molecule has 0 aliphatic carbocycles. The summed E-state index contributed by atoms with van der Waals surface area (Å²) >= 11 is 0. The van der Waals surface area contributed by atoms with E-state index in [1.807, 2.05) is 6.08 Å². The molecule has 0 saturated carbocycles. The van der Waals surface area contributed by atoms with E-state index in [1.165, 1.54) is 12.8 Å². The Morgan fingerprint density at radius 1 is 1.28 bits per heavy atom. The van der Waals surface area contributed by atoms with Crippen LogP contribution in [0.4, 0.5) is 0 Å². The first kappa shape index (κ1) is 17.0. The molecule has 1 atom stereocenters. The van der Waals surface area contributed by atoms with Crippen LogP contribution in [0.1, 0.15) is 26.7 Å². The average Bonchev–Trinajstić information content (AvgIpc) is 2.37. The van der Waals surface area contributed by atoms with Crippen LogP contribution in [0.15, 0.2) is 17.6 Å². The number of likely N-dealkylation sites (N-methyl/N-ethyl adjacent to an activating group) is 1. The molecule has 0 aromatic carbocycles. The standard InChI is InChI=1S/C14H30N4/c1-7-10-16-14(15-4)17-11-13(18(5)6)12(8-2)9-3/h7,12-13H,1,8-11H2,2-6H3,(H2,15,16,17). The van der Waals surface area contributed by atoms with Gasteiger partial charge in [-0.05, 0) is 20.0 Å². The van der Waals surface area contributed by atoms with E-state index in [9.17, 15) is 0 Å². The molecule has 4 nitrogen and oxygen atoms in total. The summed E-state index contributed by atoms with van der Waals surface area (Å²) in [4.78, 5) is 6.49. The summed E-state index contributed by atoms with van der Waals surface area (Å²) in [7, 11) is 6.08. The maximum atomic E-state index is 4.20. The lowest BCUT2D eigenvalue weighted by Gasteiger charge is -2.32. The van der Waals surface area contributed by atoms with Gasteiger partial charge in [0.2, 0.25) is 0 Å². The first-order valence-corrected chi connectivity index (χ1v) is 6.82. The number of nitrogens with one attached hydrogen (secondary N) is 2. The Kier molecular flexibility index (Phi) is 9.38. The van der Waals surface area contributed by atoms with Gasteiger partial charge in [-0.25, -0.2) is 0 Å². The Balaban J connectivity index is 4.37. The predicted molar refractivity (Wildman–Crippen MR) is 81.1 cm³/mol. The number of hydrogen-bond acceptors (Lipinski definition) is 2. The smallest absolute Gasteiger partial charge is 0.191 e. The van der Waals surface area contributed by atoms with E-state index in [1.54, 1.807) is 7.05 Å². The lowest BCUT2D eigenvalue weighted by atomic mass is 9.93. The fraction of sp³-hybridized carbons (Fsp3) is 0.786. The minimum Gasteiger partial charge on any atom is -0.355 e. The molecule has 0 rings (SSSR count). The highest BCUT2D eigenvalue weighted by molar-refractivity contribution is 5.79. The average molecular weight is 254 g/mol. The summed E-state index contributed by atoms with van der Waals surface area (Å²) in [5.74, 6) is 1.55. The van der Waals surface area contributed by atoms with E-state index in [-0.39, 0.29) is 0 Å². The van der Waals surface area contributed by atoms with Crippen LogP contribution in [-0.4, -0.2) is 51.1 Å². The molecule has 0 radical (unpaired) electrons. The zero-order chi connectivity index (χ0) is 14.0. The molecule has 0 heterocycles. The van der Waals surface area contributed by atoms with Gasteiger partial charge in [0.1, 0.15) is 0 Å². The predicted octanol–water partition coefficient (Wildman–Crippen LogP) is 1.70. The number of guanidine groups is 1. The van der Waals surface area contributed by atoms with Crippen LogP contribution in [0.5, 0.6) is 0 Å². The van der Waals surface area contributed by atoms with Crippen molar-refractivity contribution in [3.63, 3.8) is 0 Å². The molecule has 0 fully saturated rings. The Labute approximate surface area is 113 Å². The normalized spacial score (nSPS) is 13.8. The van der Waals surface area contributed by atoms with E-state index in [0.29, 0.717) is 12.0 Å². The highest BCUT2D eigenvalue weighted by Gasteiger charge is 2.20. The molecular weight excluding hydrogens is 224 g/mol. The quantitative estimate of drug-likeness (QED) is 0.393. The Hall–Kier alpha value is -1.03. The first-order valence-electron chi connectivity index (χ1n) is 6.82. The zero-order valence-corrected chi connectivity index (χ0v) is 12.7. The van der Waals surface area contributed by atoms with Gasteiger partial charge in [0.05, 0.1) is 0 Å². The minimum atomic E-state index is 0.530. The molecule has 0 spiro atoms. The third-order valence-corrected chi connectivity index (χ3v) is 3.37. The second-order valence-electron chi connectivity index (χ2n) is 4.73. The molecule has 18 heavy (non-hydrogen) atoms. The van der Waals surface area contributed by atoms with Gasteiger partial charge in [0, 0.05) is 26.2 Å². The van der Waals surface area contributed by atoms with Crippen molar-refractivity contribution in [3.05, 3.63) is 12.7 Å². The second-order valence-corrected chi connectivity index (χ2v) is 4.73. The third-order valence-electron chi connectivity index (χ3n) is 3.37. The number of nitrogens with zero attached hydrogens (tertiary/aromatic N) is 2. The van der Waals surface area contributed by atoms with Crippen LogP contribution < -0.4 is 10.6 Å². The van der Waals surface area contributed by atoms with Crippen LogP contribution in [-0.2, 0) is 0 Å². The molecule has 106 valence electrons. The topological polar surface area (TPSA) is 39.7 Å². The van der Waals surface area contributed by atoms with Crippen LogP contribution in [0.25, 0.3) is 0 Å². The van der Waals surface area contributed by atoms with Gasteiger partial charge in [0.15, 0.2) is 5.96 Å². The van der Waals surface area contributed by atoms with Crippen molar-refractivity contribution in [1.82, 2.24) is 15.5 Å². The van der Waals surface area contributed by atoms with Gasteiger partial charge in [-0.1, -0.05) is 32.8 Å². The number of rotatable bonds is 8. The summed E-state index contributed by atoms with van der Waals surface area (Å²) in [6.45, 7) is 9.86. The van der Waals surface area contributed by atoms with Crippen molar-refractivity contribution in [2.45, 2.75) is 32.7 Å². The van der Waals surface area contributed by atoms with E-state index < -0.39 is 0 Å². The minimum absolute atomic E-state index is 0.530. The van der Waals surface area contributed by atoms with Gasteiger partial charge in [-0.2, -0.15) is 0 Å². The van der Waals surface area contributed by atoms with Crippen LogP contribution >= 0.6 is 0 Å². The largest absolute Gasteiger partial charge is 0.355 e. The monoisotopic (exact) mass is 254 g/mol. The van der Waals surface area contributed by atoms with Gasteiger partial charge >= 0.3 is 0 Å². The summed E-state index contributed by atoms with van der Waals surface area (Å²) in [6, 6.07) is 0.530. The molecule has 0 aromatic rings. The van der Waals surface area contributed by atoms with E-state index in [4.69, 9.17) is 0 Å². The molecular formula is C14H30N4. The van der Waals surface area contributed by atoms with Gasteiger partial charge in [0.25, 0.3) is 0 Å². The lowest BCUT2D eigenvalue weighted by Crippen LogP contribution is -2.48. The highest BCUT2D eigenvalue weighted by atomic mass is 15.2. The molecule has 0 aliphatic rings. The van der Waals surface area contributed by atoms with Crippen molar-refractivity contribution in [2.75, 3.05) is 34.2 Å². The summed E-state index contributed by atoms with van der Waals surface area (Å²) in [5.41, 5.74) is 0. The van der Waals surface area contributed by atoms with Crippen LogP contribution in [0, 0.1) is 5.92 Å². The molecule has 2 N–H and O–H groups in total. The molecule has 0 aromatic heterocycles. The van der Waals surface area contributed by atoms with Crippen molar-refractivity contribution >= 4 is 5.96 Å². The Morgan fingerprint density at radius 2 is 1.89 bits per heavy atom. The van der Waals surface area contributed by atoms with Gasteiger partial charge < -0.3 is 15.5 Å². The summed E-state index contributed by atoms with van der Waals surface area (Å²) in [6.07, 6.45) is 4.25. The molecule has 0 aliphatic heterocycles. The fourth-order valence-electron chi connectivity index (χ4n) is 2.19. The number of hydrogen-bond donors (Lipinski definition) is 2. The van der Waals surface area contributed by atoms with Crippen molar-refractivity contribution in [3.8, 4) is 0 Å². The van der Waals surface area contributed by atoms with Crippen molar-refractivity contribution in [2.24, 2.45) is 10.9 Å². The van der Waals surface area contributed by atoms with Crippen molar-refractivity contribution < 1.29 is 0 Å². The maximum absolute atomic E-state index is 4.20. The summed E-state index contributed by atoms with van der Waals surface area (Å²) in [5, 5.41) is 6.57. The Bertz CT molecular complexity index is 244. The van der Waals surface area contributed by atoms with E-state index >= 15 is 0 Å². The molecule has 0 bridgehead atoms. The number of aliphatic imine (C=N–C) groups is 1. The van der Waals surface area contributed by atoms with Gasteiger partial charge in [-0.15, -0.1) is 6.58 Å². The third kappa shape index (κ3) is 6.05. The highest BCUT2D eigenvalue weighted by Crippen LogP contribution is 2.16. The fourth-order valence-corrected chi connectivity index (χ4v) is 2.19. The van der Waals surface area contributed by atoms with E-state index in [0.717, 1.165) is 19.0 Å². The van der Waals surface area contributed by atoms with Crippen LogP contribution in [0.2, 0.25) is 0 Å². The van der Waals surface area contributed by atoms with Crippen molar-refractivity contribution in [1.29, 1.82) is 0 Å². The Morgan fingerprint density at radius 3 is 2.28 bits per heavy atom.